The first-order chi connectivity index (χ1) is 13.2. The molecule has 0 atom stereocenters. The van der Waals surface area contributed by atoms with Gasteiger partial charge in [0.1, 0.15) is 11.2 Å². The summed E-state index contributed by atoms with van der Waals surface area (Å²) >= 11 is 0. The highest BCUT2D eigenvalue weighted by atomic mass is 19.3. The molecule has 0 aliphatic carbocycles. The lowest BCUT2D eigenvalue weighted by Crippen LogP contribution is -2.33. The van der Waals surface area contributed by atoms with Crippen LogP contribution in [0.25, 0.3) is 0 Å². The third-order valence-corrected chi connectivity index (χ3v) is 4.09. The molecule has 6 nitrogen and oxygen atoms in total. The number of ether oxygens (including phenoxy) is 1. The minimum atomic E-state index is -2.65. The fourth-order valence-corrected chi connectivity index (χ4v) is 2.59. The van der Waals surface area contributed by atoms with Gasteiger partial charge in [-0.05, 0) is 45.0 Å². The normalized spacial score (nSPS) is 11.5. The van der Waals surface area contributed by atoms with E-state index in [1.165, 1.54) is 12.3 Å². The van der Waals surface area contributed by atoms with E-state index >= 15 is 0 Å². The van der Waals surface area contributed by atoms with Gasteiger partial charge >= 0.3 is 0 Å². The van der Waals surface area contributed by atoms with E-state index in [2.05, 4.69) is 9.97 Å². The molecular formula is C20H25F2N3O3. The van der Waals surface area contributed by atoms with E-state index in [4.69, 9.17) is 4.74 Å². The molecule has 8 heteroatoms. The van der Waals surface area contributed by atoms with E-state index < -0.39 is 18.6 Å². The molecule has 1 N–H and O–H groups in total. The smallest absolute Gasteiger partial charge is 0.272 e. The Labute approximate surface area is 163 Å². The second-order valence-corrected chi connectivity index (χ2v) is 6.77. The van der Waals surface area contributed by atoms with Crippen LogP contribution < -0.4 is 4.74 Å². The summed E-state index contributed by atoms with van der Waals surface area (Å²) < 4.78 is 29.8. The lowest BCUT2D eigenvalue weighted by Gasteiger charge is -2.22. The Balaban J connectivity index is 2.11. The summed E-state index contributed by atoms with van der Waals surface area (Å²) in [6, 6.07) is 8.45. The van der Waals surface area contributed by atoms with E-state index in [1.54, 1.807) is 30.9 Å². The fourth-order valence-electron chi connectivity index (χ4n) is 2.59. The van der Waals surface area contributed by atoms with Crippen LogP contribution in [0.1, 0.15) is 42.5 Å². The van der Waals surface area contributed by atoms with Crippen LogP contribution in [-0.2, 0) is 12.0 Å². The molecule has 152 valence electrons. The molecule has 0 radical (unpaired) electrons. The van der Waals surface area contributed by atoms with Crippen molar-refractivity contribution in [3.8, 4) is 5.88 Å². The Kier molecular flexibility index (Phi) is 7.39. The van der Waals surface area contributed by atoms with Crippen LogP contribution in [0.2, 0.25) is 0 Å². The van der Waals surface area contributed by atoms with Crippen LogP contribution in [0.4, 0.5) is 8.78 Å². The van der Waals surface area contributed by atoms with E-state index in [-0.39, 0.29) is 17.4 Å². The summed E-state index contributed by atoms with van der Waals surface area (Å²) in [5.41, 5.74) is 0.381. The number of hydrogen-bond donors (Lipinski definition) is 1. The van der Waals surface area contributed by atoms with Gasteiger partial charge in [0.25, 0.3) is 12.3 Å². The molecule has 2 aromatic heterocycles. The zero-order valence-corrected chi connectivity index (χ0v) is 16.2. The van der Waals surface area contributed by atoms with Crippen molar-refractivity contribution < 1.29 is 23.4 Å². The number of aromatic nitrogens is 2. The monoisotopic (exact) mass is 393 g/mol. The average molecular weight is 393 g/mol. The van der Waals surface area contributed by atoms with Crippen LogP contribution >= 0.6 is 0 Å². The van der Waals surface area contributed by atoms with Crippen molar-refractivity contribution in [1.82, 2.24) is 14.9 Å². The van der Waals surface area contributed by atoms with Gasteiger partial charge in [-0.25, -0.2) is 13.8 Å². The van der Waals surface area contributed by atoms with E-state index in [1.807, 2.05) is 19.1 Å². The summed E-state index contributed by atoms with van der Waals surface area (Å²) in [5, 5.41) is 10.1. The molecule has 28 heavy (non-hydrogen) atoms. The summed E-state index contributed by atoms with van der Waals surface area (Å²) in [6.07, 6.45) is -0.780. The highest BCUT2D eigenvalue weighted by Gasteiger charge is 2.21. The van der Waals surface area contributed by atoms with Crippen molar-refractivity contribution in [3.05, 3.63) is 53.5 Å². The number of aliphatic hydroxyl groups is 1. The molecule has 2 heterocycles. The molecule has 0 saturated carbocycles. The largest absolute Gasteiger partial charge is 0.471 e. The average Bonchev–Trinajstić information content (AvgIpc) is 2.66. The van der Waals surface area contributed by atoms with Crippen molar-refractivity contribution >= 4 is 5.91 Å². The molecule has 0 bridgehead atoms. The zero-order chi connectivity index (χ0) is 20.7. The SMILES string of the molecule is CCN(CCc1cccc(C(C)(C)O)n1)C(=O)c1cccnc1OCC(F)F. The first-order valence-electron chi connectivity index (χ1n) is 9.06. The summed E-state index contributed by atoms with van der Waals surface area (Å²) in [4.78, 5) is 22.8. The predicted molar refractivity (Wildman–Crippen MR) is 100 cm³/mol. The fraction of sp³-hybridized carbons (Fsp3) is 0.450. The van der Waals surface area contributed by atoms with Gasteiger partial charge in [-0.15, -0.1) is 0 Å². The highest BCUT2D eigenvalue weighted by molar-refractivity contribution is 5.96. The number of rotatable bonds is 9. The van der Waals surface area contributed by atoms with Crippen LogP contribution in [0.5, 0.6) is 5.88 Å². The van der Waals surface area contributed by atoms with Crippen LogP contribution in [-0.4, -0.2) is 52.0 Å². The third-order valence-electron chi connectivity index (χ3n) is 4.09. The Morgan fingerprint density at radius 1 is 1.29 bits per heavy atom. The molecule has 0 spiro atoms. The van der Waals surface area contributed by atoms with E-state index in [9.17, 15) is 18.7 Å². The number of carbonyl (C=O) groups is 1. The predicted octanol–water partition coefficient (Wildman–Crippen LogP) is 3.05. The Morgan fingerprint density at radius 3 is 2.68 bits per heavy atom. The van der Waals surface area contributed by atoms with Crippen LogP contribution in [0.15, 0.2) is 36.5 Å². The first kappa shape index (κ1) is 21.7. The van der Waals surface area contributed by atoms with Gasteiger partial charge in [0, 0.05) is 31.4 Å². The van der Waals surface area contributed by atoms with Gasteiger partial charge in [-0.1, -0.05) is 6.07 Å². The van der Waals surface area contributed by atoms with Crippen molar-refractivity contribution in [1.29, 1.82) is 0 Å². The molecule has 0 aliphatic rings. The molecular weight excluding hydrogens is 368 g/mol. The minimum Gasteiger partial charge on any atom is -0.471 e. The maximum Gasteiger partial charge on any atom is 0.272 e. The van der Waals surface area contributed by atoms with Crippen molar-refractivity contribution in [2.75, 3.05) is 19.7 Å². The van der Waals surface area contributed by atoms with Crippen molar-refractivity contribution in [3.63, 3.8) is 0 Å². The molecule has 2 rings (SSSR count). The Morgan fingerprint density at radius 2 is 2.04 bits per heavy atom. The number of halogens is 2. The maximum atomic E-state index is 12.8. The number of likely N-dealkylation sites (N-methyl/N-ethyl adjacent to an activating group) is 1. The summed E-state index contributed by atoms with van der Waals surface area (Å²) in [6.45, 7) is 5.12. The topological polar surface area (TPSA) is 75.5 Å². The second-order valence-electron chi connectivity index (χ2n) is 6.77. The van der Waals surface area contributed by atoms with Crippen molar-refractivity contribution in [2.24, 2.45) is 0 Å². The van der Waals surface area contributed by atoms with Gasteiger partial charge < -0.3 is 14.7 Å². The number of pyridine rings is 2. The zero-order valence-electron chi connectivity index (χ0n) is 16.2. The number of alkyl halides is 2. The number of hydrogen-bond acceptors (Lipinski definition) is 5. The summed E-state index contributed by atoms with van der Waals surface area (Å²) in [5.74, 6) is -0.452. The standard InChI is InChI=1S/C20H25F2N3O3/c1-4-25(12-10-14-7-5-9-16(24-14)20(2,3)27)19(26)15-8-6-11-23-18(15)28-13-17(21)22/h5-9,11,17,27H,4,10,12-13H2,1-3H3. The van der Waals surface area contributed by atoms with Crippen LogP contribution in [0.3, 0.4) is 0 Å². The molecule has 0 aromatic carbocycles. The molecule has 0 fully saturated rings. The lowest BCUT2D eigenvalue weighted by molar-refractivity contribution is 0.0704. The van der Waals surface area contributed by atoms with Gasteiger partial charge in [-0.3, -0.25) is 9.78 Å². The molecule has 0 aliphatic heterocycles. The Bertz CT molecular complexity index is 794. The van der Waals surface area contributed by atoms with E-state index in [0.29, 0.717) is 25.2 Å². The van der Waals surface area contributed by atoms with Gasteiger partial charge in [0.15, 0.2) is 6.61 Å². The number of nitrogens with zero attached hydrogens (tertiary/aromatic N) is 3. The van der Waals surface area contributed by atoms with Crippen LogP contribution in [0, 0.1) is 0 Å². The van der Waals surface area contributed by atoms with Gasteiger partial charge in [0.05, 0.1) is 5.69 Å². The maximum absolute atomic E-state index is 12.8. The van der Waals surface area contributed by atoms with Gasteiger partial charge in [0.2, 0.25) is 5.88 Å². The van der Waals surface area contributed by atoms with E-state index in [0.717, 1.165) is 5.69 Å². The molecule has 0 saturated heterocycles. The molecule has 1 amide bonds. The molecule has 0 unspecified atom stereocenters. The quantitative estimate of drug-likeness (QED) is 0.709. The number of amides is 1. The molecule has 2 aromatic rings. The first-order valence-corrected chi connectivity index (χ1v) is 9.06. The van der Waals surface area contributed by atoms with Crippen molar-refractivity contribution in [2.45, 2.75) is 39.2 Å². The summed E-state index contributed by atoms with van der Waals surface area (Å²) in [7, 11) is 0. The number of carbonyl (C=O) groups excluding carboxylic acids is 1. The second kappa shape index (κ2) is 9.54. The third kappa shape index (κ3) is 5.95. The lowest BCUT2D eigenvalue weighted by atomic mass is 10.0. The highest BCUT2D eigenvalue weighted by Crippen LogP contribution is 2.19. The van der Waals surface area contributed by atoms with Gasteiger partial charge in [-0.2, -0.15) is 0 Å². The minimum absolute atomic E-state index is 0.103. The Hall–Kier alpha value is -2.61.